The second kappa shape index (κ2) is 7.66. The summed E-state index contributed by atoms with van der Waals surface area (Å²) in [5.41, 5.74) is 7.20. The van der Waals surface area contributed by atoms with Crippen LogP contribution in [0.15, 0.2) is 18.2 Å². The normalized spacial score (nSPS) is 22.5. The summed E-state index contributed by atoms with van der Waals surface area (Å²) in [6.07, 6.45) is 5.79. The van der Waals surface area contributed by atoms with Crippen molar-refractivity contribution in [1.82, 2.24) is 4.90 Å². The predicted octanol–water partition coefficient (Wildman–Crippen LogP) is 2.88. The zero-order chi connectivity index (χ0) is 15.2. The molecule has 1 fully saturated rings. The molecule has 2 rings (SSSR count). The van der Waals surface area contributed by atoms with Crippen LogP contribution in [0.25, 0.3) is 0 Å². The Morgan fingerprint density at radius 3 is 2.62 bits per heavy atom. The van der Waals surface area contributed by atoms with E-state index in [1.807, 2.05) is 12.1 Å². The number of phenolic OH excluding ortho intramolecular Hbond substituents is 1. The molecule has 1 aliphatic rings. The van der Waals surface area contributed by atoms with E-state index in [0.29, 0.717) is 17.8 Å². The molecule has 0 amide bonds. The van der Waals surface area contributed by atoms with Crippen molar-refractivity contribution in [3.8, 4) is 11.5 Å². The zero-order valence-corrected chi connectivity index (χ0v) is 13.2. The van der Waals surface area contributed by atoms with Gasteiger partial charge in [0.05, 0.1) is 7.11 Å². The molecule has 4 nitrogen and oxygen atoms in total. The van der Waals surface area contributed by atoms with Gasteiger partial charge in [0.15, 0.2) is 11.5 Å². The first-order chi connectivity index (χ1) is 10.1. The molecule has 1 saturated carbocycles. The van der Waals surface area contributed by atoms with Gasteiger partial charge in [-0.05, 0) is 56.3 Å². The first-order valence-corrected chi connectivity index (χ1v) is 7.99. The highest BCUT2D eigenvalue weighted by atomic mass is 16.5. The highest BCUT2D eigenvalue weighted by molar-refractivity contribution is 5.41. The number of hydrogen-bond donors (Lipinski definition) is 2. The minimum Gasteiger partial charge on any atom is -0.504 e. The van der Waals surface area contributed by atoms with Gasteiger partial charge >= 0.3 is 0 Å². The number of benzene rings is 1. The van der Waals surface area contributed by atoms with Gasteiger partial charge in [-0.1, -0.05) is 13.0 Å². The number of phenols is 1. The molecule has 3 N–H and O–H groups in total. The lowest BCUT2D eigenvalue weighted by molar-refractivity contribution is 0.142. The number of methoxy groups -OCH3 is 1. The number of nitrogens with two attached hydrogens (primary N) is 1. The zero-order valence-electron chi connectivity index (χ0n) is 13.2. The molecule has 4 heteroatoms. The van der Waals surface area contributed by atoms with E-state index in [1.54, 1.807) is 13.2 Å². The van der Waals surface area contributed by atoms with Crippen LogP contribution in [0.4, 0.5) is 0 Å². The van der Waals surface area contributed by atoms with Crippen LogP contribution >= 0.6 is 0 Å². The number of ether oxygens (including phenoxy) is 1. The molecule has 0 bridgehead atoms. The van der Waals surface area contributed by atoms with Crippen LogP contribution in [0.3, 0.4) is 0 Å². The van der Waals surface area contributed by atoms with Crippen LogP contribution in [-0.4, -0.2) is 35.7 Å². The third-order valence-corrected chi connectivity index (χ3v) is 4.40. The Hall–Kier alpha value is -1.26. The molecular formula is C17H28N2O2. The summed E-state index contributed by atoms with van der Waals surface area (Å²) in [6.45, 7) is 4.23. The van der Waals surface area contributed by atoms with Crippen molar-refractivity contribution in [3.63, 3.8) is 0 Å². The Morgan fingerprint density at radius 1 is 1.29 bits per heavy atom. The van der Waals surface area contributed by atoms with Crippen LogP contribution in [0, 0.1) is 0 Å². The van der Waals surface area contributed by atoms with Crippen molar-refractivity contribution in [3.05, 3.63) is 23.8 Å². The molecule has 0 radical (unpaired) electrons. The molecule has 0 aliphatic heterocycles. The Bertz CT molecular complexity index is 442. The molecule has 1 aromatic rings. The topological polar surface area (TPSA) is 58.7 Å². The van der Waals surface area contributed by atoms with Crippen molar-refractivity contribution in [1.29, 1.82) is 0 Å². The average molecular weight is 292 g/mol. The van der Waals surface area contributed by atoms with Gasteiger partial charge in [0.1, 0.15) is 0 Å². The molecule has 0 heterocycles. The summed E-state index contributed by atoms with van der Waals surface area (Å²) < 4.78 is 5.20. The Morgan fingerprint density at radius 2 is 2.00 bits per heavy atom. The number of rotatable bonds is 6. The van der Waals surface area contributed by atoms with E-state index in [9.17, 15) is 5.11 Å². The summed E-state index contributed by atoms with van der Waals surface area (Å²) >= 11 is 0. The fourth-order valence-electron chi connectivity index (χ4n) is 3.20. The SMILES string of the molecule is CCCN(Cc1ccc(O)c(OC)c1)C1CCC(N)CC1. The fraction of sp³-hybridized carbons (Fsp3) is 0.647. The third-order valence-electron chi connectivity index (χ3n) is 4.40. The average Bonchev–Trinajstić information content (AvgIpc) is 2.49. The van der Waals surface area contributed by atoms with Gasteiger partial charge in [0.25, 0.3) is 0 Å². The van der Waals surface area contributed by atoms with Crippen LogP contribution in [0.5, 0.6) is 11.5 Å². The first-order valence-electron chi connectivity index (χ1n) is 7.99. The lowest BCUT2D eigenvalue weighted by atomic mass is 9.90. The van der Waals surface area contributed by atoms with Crippen LogP contribution in [0.1, 0.15) is 44.6 Å². The van der Waals surface area contributed by atoms with E-state index in [1.165, 1.54) is 18.4 Å². The van der Waals surface area contributed by atoms with Crippen LogP contribution < -0.4 is 10.5 Å². The second-order valence-corrected chi connectivity index (χ2v) is 6.05. The maximum Gasteiger partial charge on any atom is 0.160 e. The van der Waals surface area contributed by atoms with Crippen molar-refractivity contribution in [2.75, 3.05) is 13.7 Å². The van der Waals surface area contributed by atoms with E-state index in [4.69, 9.17) is 10.5 Å². The van der Waals surface area contributed by atoms with E-state index in [-0.39, 0.29) is 5.75 Å². The highest BCUT2D eigenvalue weighted by Crippen LogP contribution is 2.29. The van der Waals surface area contributed by atoms with Gasteiger partial charge in [-0.2, -0.15) is 0 Å². The van der Waals surface area contributed by atoms with Gasteiger partial charge in [-0.3, -0.25) is 4.90 Å². The largest absolute Gasteiger partial charge is 0.504 e. The highest BCUT2D eigenvalue weighted by Gasteiger charge is 2.24. The number of hydrogen-bond acceptors (Lipinski definition) is 4. The van der Waals surface area contributed by atoms with Crippen molar-refractivity contribution >= 4 is 0 Å². The Balaban J connectivity index is 2.05. The molecule has 0 spiro atoms. The number of aromatic hydroxyl groups is 1. The van der Waals surface area contributed by atoms with Gasteiger partial charge < -0.3 is 15.6 Å². The quantitative estimate of drug-likeness (QED) is 0.846. The summed E-state index contributed by atoms with van der Waals surface area (Å²) in [7, 11) is 1.59. The lowest BCUT2D eigenvalue weighted by Gasteiger charge is -2.36. The summed E-state index contributed by atoms with van der Waals surface area (Å²) in [5.74, 6) is 0.751. The molecule has 0 saturated heterocycles. The summed E-state index contributed by atoms with van der Waals surface area (Å²) in [6, 6.07) is 6.65. The van der Waals surface area contributed by atoms with Crippen LogP contribution in [0.2, 0.25) is 0 Å². The molecule has 0 unspecified atom stereocenters. The fourth-order valence-corrected chi connectivity index (χ4v) is 3.20. The van der Waals surface area contributed by atoms with Crippen molar-refractivity contribution < 1.29 is 9.84 Å². The van der Waals surface area contributed by atoms with Crippen LogP contribution in [-0.2, 0) is 6.54 Å². The smallest absolute Gasteiger partial charge is 0.160 e. The maximum absolute atomic E-state index is 9.70. The molecule has 0 atom stereocenters. The van der Waals surface area contributed by atoms with E-state index >= 15 is 0 Å². The standard InChI is InChI=1S/C17H28N2O2/c1-3-10-19(15-7-5-14(18)6-8-15)12-13-4-9-16(20)17(11-13)21-2/h4,9,11,14-15,20H,3,5-8,10,12,18H2,1-2H3. The Kier molecular flexibility index (Phi) is 5.88. The molecule has 21 heavy (non-hydrogen) atoms. The van der Waals surface area contributed by atoms with E-state index in [2.05, 4.69) is 11.8 Å². The van der Waals surface area contributed by atoms with Gasteiger partial charge in [-0.15, -0.1) is 0 Å². The van der Waals surface area contributed by atoms with E-state index < -0.39 is 0 Å². The second-order valence-electron chi connectivity index (χ2n) is 6.05. The number of nitrogens with zero attached hydrogens (tertiary/aromatic N) is 1. The summed E-state index contributed by atoms with van der Waals surface area (Å²) in [5, 5.41) is 9.70. The van der Waals surface area contributed by atoms with Gasteiger partial charge in [-0.25, -0.2) is 0 Å². The van der Waals surface area contributed by atoms with Gasteiger partial charge in [0.2, 0.25) is 0 Å². The third kappa shape index (κ3) is 4.35. The molecule has 1 aliphatic carbocycles. The minimum absolute atomic E-state index is 0.201. The monoisotopic (exact) mass is 292 g/mol. The Labute approximate surface area is 127 Å². The molecular weight excluding hydrogens is 264 g/mol. The van der Waals surface area contributed by atoms with Crippen molar-refractivity contribution in [2.24, 2.45) is 5.73 Å². The molecule has 118 valence electrons. The molecule has 0 aromatic heterocycles. The minimum atomic E-state index is 0.201. The predicted molar refractivity (Wildman–Crippen MR) is 85.6 cm³/mol. The molecule has 1 aromatic carbocycles. The maximum atomic E-state index is 9.70. The lowest BCUT2D eigenvalue weighted by Crippen LogP contribution is -2.40. The van der Waals surface area contributed by atoms with E-state index in [0.717, 1.165) is 32.4 Å². The van der Waals surface area contributed by atoms with Crippen molar-refractivity contribution in [2.45, 2.75) is 57.7 Å². The van der Waals surface area contributed by atoms with Gasteiger partial charge in [0, 0.05) is 18.6 Å². The first kappa shape index (κ1) is 16.1. The summed E-state index contributed by atoms with van der Waals surface area (Å²) in [4.78, 5) is 2.55.